The Morgan fingerprint density at radius 3 is 2.86 bits per heavy atom. The van der Waals surface area contributed by atoms with Crippen molar-refractivity contribution in [3.8, 4) is 6.07 Å². The van der Waals surface area contributed by atoms with Gasteiger partial charge in [-0.1, -0.05) is 6.07 Å². The molecule has 1 aromatic heterocycles. The normalized spacial score (nSPS) is 13.4. The molecule has 0 aliphatic heterocycles. The van der Waals surface area contributed by atoms with E-state index in [0.29, 0.717) is 11.4 Å². The number of rotatable bonds is 2. The molecule has 0 atom stereocenters. The van der Waals surface area contributed by atoms with Crippen molar-refractivity contribution in [2.24, 2.45) is 0 Å². The van der Waals surface area contributed by atoms with Gasteiger partial charge in [0.15, 0.2) is 0 Å². The standard InChI is InChI=1S/C17H16BrN3/c1-11-6-7-14(18)16(8-11)21-17-13(10-19)9-12-4-2-3-5-15(12)20-17/h6-9H,2-5H2,1H3,(H,20,21). The van der Waals surface area contributed by atoms with Gasteiger partial charge < -0.3 is 5.32 Å². The lowest BCUT2D eigenvalue weighted by atomic mass is 9.95. The fourth-order valence-corrected chi connectivity index (χ4v) is 3.02. The minimum atomic E-state index is 0.615. The summed E-state index contributed by atoms with van der Waals surface area (Å²) < 4.78 is 0.969. The lowest BCUT2D eigenvalue weighted by molar-refractivity contribution is 0.668. The van der Waals surface area contributed by atoms with Gasteiger partial charge >= 0.3 is 0 Å². The smallest absolute Gasteiger partial charge is 0.148 e. The molecule has 1 aliphatic rings. The molecule has 2 aromatic rings. The lowest BCUT2D eigenvalue weighted by Crippen LogP contribution is -2.09. The summed E-state index contributed by atoms with van der Waals surface area (Å²) in [6.45, 7) is 2.04. The van der Waals surface area contributed by atoms with E-state index in [2.05, 4.69) is 27.3 Å². The number of nitrogens with one attached hydrogen (secondary N) is 1. The highest BCUT2D eigenvalue weighted by molar-refractivity contribution is 9.10. The Hall–Kier alpha value is -1.86. The van der Waals surface area contributed by atoms with E-state index >= 15 is 0 Å². The second-order valence-corrected chi connectivity index (χ2v) is 6.27. The van der Waals surface area contributed by atoms with Gasteiger partial charge in [0.25, 0.3) is 0 Å². The van der Waals surface area contributed by atoms with E-state index in [1.54, 1.807) is 0 Å². The predicted molar refractivity (Wildman–Crippen MR) is 87.8 cm³/mol. The summed E-state index contributed by atoms with van der Waals surface area (Å²) in [4.78, 5) is 4.70. The molecule has 1 aromatic carbocycles. The van der Waals surface area contributed by atoms with Gasteiger partial charge in [0.05, 0.1) is 11.3 Å². The van der Waals surface area contributed by atoms with Gasteiger partial charge in [-0.05, 0) is 77.9 Å². The average Bonchev–Trinajstić information content (AvgIpc) is 2.50. The number of nitrogens with zero attached hydrogens (tertiary/aromatic N) is 2. The number of hydrogen-bond acceptors (Lipinski definition) is 3. The van der Waals surface area contributed by atoms with Gasteiger partial charge in [0.1, 0.15) is 11.9 Å². The van der Waals surface area contributed by atoms with E-state index in [1.165, 1.54) is 18.4 Å². The zero-order valence-electron chi connectivity index (χ0n) is 11.9. The molecule has 0 unspecified atom stereocenters. The van der Waals surface area contributed by atoms with Crippen molar-refractivity contribution >= 4 is 27.4 Å². The fraction of sp³-hybridized carbons (Fsp3) is 0.294. The Bertz CT molecular complexity index is 732. The number of halogens is 1. The number of hydrogen-bond donors (Lipinski definition) is 1. The zero-order chi connectivity index (χ0) is 14.8. The Labute approximate surface area is 133 Å². The maximum absolute atomic E-state index is 9.38. The molecule has 0 saturated heterocycles. The van der Waals surface area contributed by atoms with Crippen molar-refractivity contribution in [2.45, 2.75) is 32.6 Å². The van der Waals surface area contributed by atoms with Crippen LogP contribution in [0.3, 0.4) is 0 Å². The predicted octanol–water partition coefficient (Wildman–Crippen LogP) is 4.65. The maximum atomic E-state index is 9.38. The molecule has 0 radical (unpaired) electrons. The summed E-state index contributed by atoms with van der Waals surface area (Å²) in [6, 6.07) is 10.3. The van der Waals surface area contributed by atoms with Gasteiger partial charge in [-0.25, -0.2) is 4.98 Å². The van der Waals surface area contributed by atoms with Crippen LogP contribution in [0.5, 0.6) is 0 Å². The zero-order valence-corrected chi connectivity index (χ0v) is 13.5. The van der Waals surface area contributed by atoms with Crippen molar-refractivity contribution in [3.05, 3.63) is 51.1 Å². The molecule has 0 spiro atoms. The highest BCUT2D eigenvalue weighted by atomic mass is 79.9. The molecule has 3 nitrogen and oxygen atoms in total. The number of aryl methyl sites for hydroxylation is 3. The van der Waals surface area contributed by atoms with Crippen molar-refractivity contribution in [3.63, 3.8) is 0 Å². The number of nitriles is 1. The van der Waals surface area contributed by atoms with Crippen LogP contribution in [0, 0.1) is 18.3 Å². The molecule has 1 heterocycles. The minimum Gasteiger partial charge on any atom is -0.338 e. The molecule has 0 amide bonds. The maximum Gasteiger partial charge on any atom is 0.148 e. The Balaban J connectivity index is 2.02. The average molecular weight is 342 g/mol. The Kier molecular flexibility index (Phi) is 3.94. The third-order valence-corrected chi connectivity index (χ3v) is 4.49. The summed E-state index contributed by atoms with van der Waals surface area (Å²) in [5, 5.41) is 12.7. The van der Waals surface area contributed by atoms with E-state index in [9.17, 15) is 5.26 Å². The van der Waals surface area contributed by atoms with Crippen LogP contribution in [0.2, 0.25) is 0 Å². The van der Waals surface area contributed by atoms with E-state index in [-0.39, 0.29) is 0 Å². The van der Waals surface area contributed by atoms with E-state index < -0.39 is 0 Å². The van der Waals surface area contributed by atoms with Crippen molar-refractivity contribution < 1.29 is 0 Å². The van der Waals surface area contributed by atoms with Gasteiger partial charge in [-0.3, -0.25) is 0 Å². The third kappa shape index (κ3) is 2.93. The topological polar surface area (TPSA) is 48.7 Å². The van der Waals surface area contributed by atoms with Crippen LogP contribution in [-0.2, 0) is 12.8 Å². The van der Waals surface area contributed by atoms with E-state index in [0.717, 1.165) is 34.3 Å². The van der Waals surface area contributed by atoms with Gasteiger partial charge in [0.2, 0.25) is 0 Å². The van der Waals surface area contributed by atoms with Crippen LogP contribution in [0.15, 0.2) is 28.7 Å². The number of aromatic nitrogens is 1. The molecule has 1 aliphatic carbocycles. The fourth-order valence-electron chi connectivity index (χ4n) is 2.68. The lowest BCUT2D eigenvalue weighted by Gasteiger charge is -2.18. The molecule has 1 N–H and O–H groups in total. The van der Waals surface area contributed by atoms with Gasteiger partial charge in [-0.2, -0.15) is 5.26 Å². The van der Waals surface area contributed by atoms with Gasteiger partial charge in [-0.15, -0.1) is 0 Å². The summed E-state index contributed by atoms with van der Waals surface area (Å²) in [5.74, 6) is 0.657. The Morgan fingerprint density at radius 2 is 2.05 bits per heavy atom. The first-order chi connectivity index (χ1) is 10.2. The van der Waals surface area contributed by atoms with Crippen molar-refractivity contribution in [1.82, 2.24) is 4.98 Å². The first-order valence-corrected chi connectivity index (χ1v) is 7.93. The monoisotopic (exact) mass is 341 g/mol. The van der Waals surface area contributed by atoms with Crippen LogP contribution < -0.4 is 5.32 Å². The van der Waals surface area contributed by atoms with Gasteiger partial charge in [0, 0.05) is 10.2 Å². The minimum absolute atomic E-state index is 0.615. The van der Waals surface area contributed by atoms with Crippen LogP contribution >= 0.6 is 15.9 Å². The van der Waals surface area contributed by atoms with Crippen LogP contribution in [0.1, 0.15) is 35.2 Å². The molecule has 106 valence electrons. The Morgan fingerprint density at radius 1 is 1.24 bits per heavy atom. The number of benzene rings is 1. The van der Waals surface area contributed by atoms with Crippen molar-refractivity contribution in [2.75, 3.05) is 5.32 Å². The molecule has 0 saturated carbocycles. The summed E-state index contributed by atoms with van der Waals surface area (Å²) in [6.07, 6.45) is 4.41. The first kappa shape index (κ1) is 14.1. The molecular weight excluding hydrogens is 326 g/mol. The molecule has 21 heavy (non-hydrogen) atoms. The second-order valence-electron chi connectivity index (χ2n) is 5.42. The van der Waals surface area contributed by atoms with E-state index in [1.807, 2.05) is 31.2 Å². The molecule has 0 bridgehead atoms. The van der Waals surface area contributed by atoms with Crippen LogP contribution in [-0.4, -0.2) is 4.98 Å². The van der Waals surface area contributed by atoms with Crippen LogP contribution in [0.4, 0.5) is 11.5 Å². The summed E-state index contributed by atoms with van der Waals surface area (Å²) in [5.41, 5.74) is 5.08. The highest BCUT2D eigenvalue weighted by Gasteiger charge is 2.15. The first-order valence-electron chi connectivity index (χ1n) is 7.13. The molecule has 0 fully saturated rings. The highest BCUT2D eigenvalue weighted by Crippen LogP contribution is 2.30. The third-order valence-electron chi connectivity index (χ3n) is 3.80. The van der Waals surface area contributed by atoms with Crippen LogP contribution in [0.25, 0.3) is 0 Å². The quantitative estimate of drug-likeness (QED) is 0.864. The number of pyridine rings is 1. The molecule has 4 heteroatoms. The molecular formula is C17H16BrN3. The SMILES string of the molecule is Cc1ccc(Br)c(Nc2nc3c(cc2C#N)CCCC3)c1. The number of fused-ring (bicyclic) bond motifs is 1. The molecule has 3 rings (SSSR count). The second kappa shape index (κ2) is 5.87. The summed E-state index contributed by atoms with van der Waals surface area (Å²) >= 11 is 3.54. The number of anilines is 2. The van der Waals surface area contributed by atoms with Crippen molar-refractivity contribution in [1.29, 1.82) is 5.26 Å². The largest absolute Gasteiger partial charge is 0.338 e. The summed E-state index contributed by atoms with van der Waals surface area (Å²) in [7, 11) is 0. The van der Waals surface area contributed by atoms with E-state index in [4.69, 9.17) is 4.98 Å².